The summed E-state index contributed by atoms with van der Waals surface area (Å²) in [5.41, 5.74) is 2.58. The lowest BCUT2D eigenvalue weighted by atomic mass is 10.1. The minimum atomic E-state index is -3.72. The van der Waals surface area contributed by atoms with Crippen molar-refractivity contribution >= 4 is 21.8 Å². The molecule has 7 nitrogen and oxygen atoms in total. The van der Waals surface area contributed by atoms with Gasteiger partial charge < -0.3 is 10.1 Å². The van der Waals surface area contributed by atoms with Crippen molar-refractivity contribution < 1.29 is 17.9 Å². The van der Waals surface area contributed by atoms with Crippen molar-refractivity contribution in [2.24, 2.45) is 0 Å². The maximum Gasteiger partial charge on any atom is 0.282 e. The SMILES string of the molecule is CCc1ccccc1NC(=O)CN1CCCN(Cc2cccc(OC)c2)S1(=O)=O. The Bertz CT molecular complexity index is 962. The molecule has 0 saturated carbocycles. The predicted molar refractivity (Wildman–Crippen MR) is 113 cm³/mol. The number of hydrogen-bond donors (Lipinski definition) is 1. The maximum absolute atomic E-state index is 13.0. The normalized spacial score (nSPS) is 17.0. The zero-order chi connectivity index (χ0) is 20.9. The number of amides is 1. The number of aryl methyl sites for hydroxylation is 1. The smallest absolute Gasteiger partial charge is 0.282 e. The summed E-state index contributed by atoms with van der Waals surface area (Å²) in [6.45, 7) is 2.82. The van der Waals surface area contributed by atoms with Crippen LogP contribution in [0.15, 0.2) is 48.5 Å². The highest BCUT2D eigenvalue weighted by molar-refractivity contribution is 7.86. The van der Waals surface area contributed by atoms with Crippen LogP contribution in [0, 0.1) is 0 Å². The number of benzene rings is 2. The topological polar surface area (TPSA) is 79.0 Å². The van der Waals surface area contributed by atoms with Gasteiger partial charge in [0.15, 0.2) is 0 Å². The van der Waals surface area contributed by atoms with Crippen LogP contribution in [-0.4, -0.2) is 49.7 Å². The summed E-state index contributed by atoms with van der Waals surface area (Å²) in [5.74, 6) is 0.348. The molecule has 1 N–H and O–H groups in total. The van der Waals surface area contributed by atoms with E-state index in [1.807, 2.05) is 55.5 Å². The summed E-state index contributed by atoms with van der Waals surface area (Å²) < 4.78 is 33.9. The van der Waals surface area contributed by atoms with E-state index in [9.17, 15) is 13.2 Å². The van der Waals surface area contributed by atoms with Gasteiger partial charge in [0.25, 0.3) is 10.2 Å². The first-order chi connectivity index (χ1) is 13.9. The molecular weight excluding hydrogens is 390 g/mol. The first kappa shape index (κ1) is 21.3. The van der Waals surface area contributed by atoms with Crippen molar-refractivity contribution in [1.29, 1.82) is 0 Å². The third-order valence-corrected chi connectivity index (χ3v) is 6.88. The van der Waals surface area contributed by atoms with Gasteiger partial charge in [0, 0.05) is 25.3 Å². The van der Waals surface area contributed by atoms with Crippen molar-refractivity contribution in [1.82, 2.24) is 8.61 Å². The summed E-state index contributed by atoms with van der Waals surface area (Å²) in [6.07, 6.45) is 1.45. The minimum absolute atomic E-state index is 0.199. The second kappa shape index (κ2) is 9.39. The molecule has 1 aliphatic rings. The molecule has 0 bridgehead atoms. The summed E-state index contributed by atoms with van der Waals surface area (Å²) in [4.78, 5) is 12.5. The molecule has 0 aromatic heterocycles. The zero-order valence-electron chi connectivity index (χ0n) is 16.8. The van der Waals surface area contributed by atoms with Crippen LogP contribution >= 0.6 is 0 Å². The largest absolute Gasteiger partial charge is 0.497 e. The Morgan fingerprint density at radius 3 is 2.62 bits per heavy atom. The number of ether oxygens (including phenoxy) is 1. The quantitative estimate of drug-likeness (QED) is 0.751. The molecule has 8 heteroatoms. The van der Waals surface area contributed by atoms with Crippen molar-refractivity contribution in [2.75, 3.05) is 32.1 Å². The van der Waals surface area contributed by atoms with Gasteiger partial charge in [-0.2, -0.15) is 17.0 Å². The third-order valence-electron chi connectivity index (χ3n) is 4.95. The fraction of sp³-hybridized carbons (Fsp3) is 0.381. The van der Waals surface area contributed by atoms with Crippen molar-refractivity contribution in [3.63, 3.8) is 0 Å². The third kappa shape index (κ3) is 5.14. The van der Waals surface area contributed by atoms with Crippen LogP contribution in [0.3, 0.4) is 0 Å². The number of hydrogen-bond acceptors (Lipinski definition) is 4. The molecule has 1 aliphatic heterocycles. The lowest BCUT2D eigenvalue weighted by Gasteiger charge is -2.34. The predicted octanol–water partition coefficient (Wildman–Crippen LogP) is 2.65. The highest BCUT2D eigenvalue weighted by Crippen LogP contribution is 2.22. The molecule has 29 heavy (non-hydrogen) atoms. The fourth-order valence-corrected chi connectivity index (χ4v) is 5.05. The summed E-state index contributed by atoms with van der Waals surface area (Å²) in [6, 6.07) is 14.9. The molecule has 2 aromatic rings. The first-order valence-corrected chi connectivity index (χ1v) is 11.1. The van der Waals surface area contributed by atoms with E-state index in [2.05, 4.69) is 5.32 Å². The van der Waals surface area contributed by atoms with Crippen molar-refractivity contribution in [3.8, 4) is 5.75 Å². The zero-order valence-corrected chi connectivity index (χ0v) is 17.6. The number of rotatable bonds is 7. The minimum Gasteiger partial charge on any atom is -0.497 e. The van der Waals surface area contributed by atoms with E-state index in [0.29, 0.717) is 25.3 Å². The lowest BCUT2D eigenvalue weighted by Crippen LogP contribution is -2.51. The Balaban J connectivity index is 1.68. The Kier molecular flexibility index (Phi) is 6.89. The molecule has 0 radical (unpaired) electrons. The summed E-state index contributed by atoms with van der Waals surface area (Å²) in [7, 11) is -2.14. The highest BCUT2D eigenvalue weighted by Gasteiger charge is 2.34. The van der Waals surface area contributed by atoms with Gasteiger partial charge >= 0.3 is 0 Å². The van der Waals surface area contributed by atoms with Gasteiger partial charge in [-0.3, -0.25) is 4.79 Å². The van der Waals surface area contributed by atoms with Crippen LogP contribution in [0.25, 0.3) is 0 Å². The molecule has 3 rings (SSSR count). The molecule has 0 spiro atoms. The van der Waals surface area contributed by atoms with Crippen molar-refractivity contribution in [2.45, 2.75) is 26.3 Å². The van der Waals surface area contributed by atoms with Gasteiger partial charge in [0.1, 0.15) is 5.75 Å². The first-order valence-electron chi connectivity index (χ1n) is 9.70. The number of nitrogens with one attached hydrogen (secondary N) is 1. The van der Waals surface area contributed by atoms with Gasteiger partial charge in [-0.15, -0.1) is 0 Å². The second-order valence-corrected chi connectivity index (χ2v) is 8.87. The summed E-state index contributed by atoms with van der Waals surface area (Å²) >= 11 is 0. The molecule has 2 aromatic carbocycles. The fourth-order valence-electron chi connectivity index (χ4n) is 3.41. The van der Waals surface area contributed by atoms with Gasteiger partial charge in [-0.1, -0.05) is 37.3 Å². The Morgan fingerprint density at radius 2 is 1.86 bits per heavy atom. The van der Waals surface area contributed by atoms with Gasteiger partial charge in [0.05, 0.1) is 13.7 Å². The second-order valence-electron chi connectivity index (χ2n) is 6.94. The van der Waals surface area contributed by atoms with Crippen LogP contribution < -0.4 is 10.1 Å². The number of methoxy groups -OCH3 is 1. The van der Waals surface area contributed by atoms with Crippen LogP contribution in [0.2, 0.25) is 0 Å². The molecule has 1 fully saturated rings. The van der Waals surface area contributed by atoms with E-state index < -0.39 is 10.2 Å². The summed E-state index contributed by atoms with van der Waals surface area (Å²) in [5, 5.41) is 2.85. The van der Waals surface area contributed by atoms with Crippen LogP contribution in [0.5, 0.6) is 5.75 Å². The Hall–Kier alpha value is -2.42. The van der Waals surface area contributed by atoms with Crippen LogP contribution in [0.1, 0.15) is 24.5 Å². The molecule has 1 amide bonds. The van der Waals surface area contributed by atoms with E-state index in [0.717, 1.165) is 23.2 Å². The van der Waals surface area contributed by atoms with E-state index in [-0.39, 0.29) is 19.0 Å². The van der Waals surface area contributed by atoms with Gasteiger partial charge in [0.2, 0.25) is 5.91 Å². The number of anilines is 1. The lowest BCUT2D eigenvalue weighted by molar-refractivity contribution is -0.116. The Morgan fingerprint density at radius 1 is 1.10 bits per heavy atom. The average Bonchev–Trinajstić information content (AvgIpc) is 2.71. The molecular formula is C21H27N3O4S. The molecule has 1 saturated heterocycles. The van der Waals surface area contributed by atoms with E-state index >= 15 is 0 Å². The number of carbonyl (C=O) groups excluding carboxylic acids is 1. The molecule has 1 heterocycles. The monoisotopic (exact) mass is 417 g/mol. The number of nitrogens with zero attached hydrogens (tertiary/aromatic N) is 2. The van der Waals surface area contributed by atoms with E-state index in [4.69, 9.17) is 4.74 Å². The number of carbonyl (C=O) groups is 1. The Labute approximate surface area is 172 Å². The maximum atomic E-state index is 13.0. The van der Waals surface area contributed by atoms with Crippen LogP contribution in [-0.2, 0) is 28.0 Å². The van der Waals surface area contributed by atoms with E-state index in [1.54, 1.807) is 7.11 Å². The molecule has 0 unspecified atom stereocenters. The van der Waals surface area contributed by atoms with Gasteiger partial charge in [-0.05, 0) is 42.2 Å². The van der Waals surface area contributed by atoms with Crippen LogP contribution in [0.4, 0.5) is 5.69 Å². The number of para-hydroxylation sites is 1. The highest BCUT2D eigenvalue weighted by atomic mass is 32.2. The molecule has 0 aliphatic carbocycles. The molecule has 0 atom stereocenters. The standard InChI is InChI=1S/C21H27N3O4S/c1-3-18-9-4-5-11-20(18)22-21(25)16-24-13-7-12-23(29(24,26)27)15-17-8-6-10-19(14-17)28-2/h4-6,8-11,14H,3,7,12-13,15-16H2,1-2H3,(H,22,25). The average molecular weight is 418 g/mol. The van der Waals surface area contributed by atoms with Crippen molar-refractivity contribution in [3.05, 3.63) is 59.7 Å². The molecule has 156 valence electrons. The van der Waals surface area contributed by atoms with E-state index in [1.165, 1.54) is 8.61 Å². The van der Waals surface area contributed by atoms with Gasteiger partial charge in [-0.25, -0.2) is 0 Å².